The van der Waals surface area contributed by atoms with Crippen LogP contribution in [0.3, 0.4) is 0 Å². The summed E-state index contributed by atoms with van der Waals surface area (Å²) >= 11 is 77.8. The number of hydrogen-bond acceptors (Lipinski definition) is 0. The molecule has 0 radical (unpaired) electrons. The van der Waals surface area contributed by atoms with Crippen molar-refractivity contribution < 1.29 is 30.7 Å². The molecule has 0 saturated carbocycles. The summed E-state index contributed by atoms with van der Waals surface area (Å²) in [7, 11) is 0. The summed E-state index contributed by atoms with van der Waals surface area (Å²) in [6.45, 7) is 170. The molecule has 0 aromatic carbocycles. The molecule has 0 saturated heterocycles. The van der Waals surface area contributed by atoms with Crippen LogP contribution in [0.15, 0.2) is 0 Å². The molecule has 0 aliphatic rings. The molecule has 0 heterocycles. The largest absolute Gasteiger partial charge is 0.257 e. The van der Waals surface area contributed by atoms with Crippen molar-refractivity contribution in [2.75, 3.05) is 0 Å². The minimum absolute atomic E-state index is 0.000000000000000222. The third-order valence-electron chi connectivity index (χ3n) is 24.6. The van der Waals surface area contributed by atoms with Gasteiger partial charge in [-0.3, -0.25) is 0 Å². The van der Waals surface area contributed by atoms with Crippen molar-refractivity contribution in [3.63, 3.8) is 0 Å². The summed E-state index contributed by atoms with van der Waals surface area (Å²) < 4.78 is 92.1. The minimum Gasteiger partial charge on any atom is -0.246 e. The first kappa shape index (κ1) is 185. The van der Waals surface area contributed by atoms with Crippen molar-refractivity contribution in [2.24, 2.45) is 152 Å². The summed E-state index contributed by atoms with van der Waals surface area (Å²) in [6, 6.07) is 0. The van der Waals surface area contributed by atoms with Crippen LogP contribution in [-0.4, -0.2) is 67.0 Å². The lowest BCUT2D eigenvalue weighted by molar-refractivity contribution is -0.173. The van der Waals surface area contributed by atoms with Gasteiger partial charge >= 0.3 is 0 Å². The van der Waals surface area contributed by atoms with E-state index < -0.39 is 68.3 Å². The average Bonchev–Trinajstić information content (AvgIpc) is 0.811. The van der Waals surface area contributed by atoms with E-state index in [1.807, 2.05) is 208 Å². The molecule has 922 valence electrons. The van der Waals surface area contributed by atoms with E-state index in [9.17, 15) is 30.7 Å². The Kier molecular flexibility index (Phi) is 75.3. The highest BCUT2D eigenvalue weighted by Gasteiger charge is 2.57. The van der Waals surface area contributed by atoms with Crippen LogP contribution < -0.4 is 0 Å². The Balaban J connectivity index is -0.000000110. The maximum absolute atomic E-state index is 14.0. The van der Waals surface area contributed by atoms with Gasteiger partial charge in [0.05, 0.1) is 3.23 Å². The summed E-state index contributed by atoms with van der Waals surface area (Å²) in [5.74, 6) is -2.63. The number of hydrogen-bond donors (Lipinski definition) is 0. The second kappa shape index (κ2) is 60.8. The Bertz CT molecular complexity index is 2660. The lowest BCUT2D eigenvalue weighted by Crippen LogP contribution is -2.45. The number of alkyl halides is 23. The van der Waals surface area contributed by atoms with Crippen molar-refractivity contribution in [2.45, 2.75) is 649 Å². The van der Waals surface area contributed by atoms with Crippen LogP contribution in [0, 0.1) is 152 Å². The first-order valence-electron chi connectivity index (χ1n) is 53.9. The minimum atomic E-state index is -2.63. The molecule has 149 heavy (non-hydrogen) atoms. The molecule has 0 atom stereocenters. The Labute approximate surface area is 1040 Å². The van der Waals surface area contributed by atoms with Crippen LogP contribution in [0.2, 0.25) is 0 Å². The van der Waals surface area contributed by atoms with Gasteiger partial charge in [0, 0.05) is 74.6 Å². The summed E-state index contributed by atoms with van der Waals surface area (Å²) in [5.41, 5.74) is -3.15. The van der Waals surface area contributed by atoms with E-state index in [0.717, 1.165) is 0 Å². The average molecular weight is 2830 g/mol. The molecule has 0 bridgehead atoms. The Morgan fingerprint density at radius 1 is 0.161 bits per heavy atom. The van der Waals surface area contributed by atoms with Crippen molar-refractivity contribution in [3.05, 3.63) is 0 Å². The normalized spacial score (nSPS) is 15.0. The van der Waals surface area contributed by atoms with E-state index in [1.54, 1.807) is 41.5 Å². The molecule has 0 amide bonds. The molecule has 0 rings (SSSR count). The molecule has 0 N–H and O–H groups in total. The first-order chi connectivity index (χ1) is 61.3. The van der Waals surface area contributed by atoms with Crippen LogP contribution in [0.25, 0.3) is 0 Å². The predicted molar refractivity (Wildman–Crippen MR) is 714 cm³/mol. The number of rotatable bonds is 0. The Morgan fingerprint density at radius 2 is 0.282 bits per heavy atom. The van der Waals surface area contributed by atoms with Gasteiger partial charge in [0.25, 0.3) is 5.92 Å². The van der Waals surface area contributed by atoms with Crippen LogP contribution in [-0.2, 0) is 0 Å². The van der Waals surface area contributed by atoms with E-state index >= 15 is 0 Å². The van der Waals surface area contributed by atoms with Gasteiger partial charge in [-0.05, 0) is 129 Å². The van der Waals surface area contributed by atoms with Crippen molar-refractivity contribution in [3.8, 4) is 0 Å². The molecule has 0 nitrogen and oxygen atoms in total. The van der Waals surface area contributed by atoms with Crippen LogP contribution in [0.1, 0.15) is 582 Å². The fraction of sp³-hybridized carbons (Fsp3) is 1.00. The van der Waals surface area contributed by atoms with E-state index in [1.165, 1.54) is 0 Å². The highest BCUT2D eigenvalue weighted by molar-refractivity contribution is 9.25. The second-order valence-corrected chi connectivity index (χ2v) is 86.3. The molecule has 0 aliphatic heterocycles. The van der Waals surface area contributed by atoms with E-state index in [2.05, 4.69) is 460 Å². The quantitative estimate of drug-likeness (QED) is 0.168. The zero-order valence-corrected chi connectivity index (χ0v) is 133. The fourth-order valence-electron chi connectivity index (χ4n) is 16.6. The van der Waals surface area contributed by atoms with Crippen molar-refractivity contribution >= 4 is 220 Å². The maximum atomic E-state index is 14.0. The van der Waals surface area contributed by atoms with Gasteiger partial charge in [-0.1, -0.05) is 700 Å². The fourth-order valence-corrected chi connectivity index (χ4v) is 16.6. The van der Waals surface area contributed by atoms with Gasteiger partial charge in [0.1, 0.15) is 18.1 Å². The van der Waals surface area contributed by atoms with Gasteiger partial charge in [-0.25, -0.2) is 30.7 Å². The summed E-state index contributed by atoms with van der Waals surface area (Å²) in [5, 5.41) is -2.83. The van der Waals surface area contributed by atoms with E-state index in [-0.39, 0.29) is 119 Å². The third-order valence-corrected chi connectivity index (χ3v) is 53.7. The van der Waals surface area contributed by atoms with Gasteiger partial charge < -0.3 is 0 Å². The Hall–Kier alpha value is 5.67. The zero-order chi connectivity index (χ0) is 128. The van der Waals surface area contributed by atoms with Crippen molar-refractivity contribution in [1.82, 2.24) is 0 Å². The van der Waals surface area contributed by atoms with Gasteiger partial charge in [-0.15, -0.1) is 69.6 Å². The summed E-state index contributed by atoms with van der Waals surface area (Å²) in [6.07, 6.45) is -0.736. The molecule has 0 unspecified atom stereocenters. The van der Waals surface area contributed by atoms with Gasteiger partial charge in [0.15, 0.2) is 19.4 Å². The maximum Gasteiger partial charge on any atom is 0.257 e. The molecule has 0 spiro atoms. The van der Waals surface area contributed by atoms with Gasteiger partial charge in [-0.2, -0.15) is 0 Å². The monoisotopic (exact) mass is 2820 g/mol. The smallest absolute Gasteiger partial charge is 0.246 e. The molecule has 0 fully saturated rings. The van der Waals surface area contributed by atoms with E-state index in [0.29, 0.717) is 31.3 Å². The molecule has 0 aliphatic carbocycles. The van der Waals surface area contributed by atoms with Crippen molar-refractivity contribution in [1.29, 1.82) is 0 Å². The van der Waals surface area contributed by atoms with Gasteiger partial charge in [0.2, 0.25) is 0 Å². The van der Waals surface area contributed by atoms with E-state index in [4.69, 9.17) is 92.8 Å². The van der Waals surface area contributed by atoms with Crippen LogP contribution in [0.4, 0.5) is 30.7 Å². The topological polar surface area (TPSA) is 0 Å². The Morgan fingerprint density at radius 3 is 0.282 bits per heavy atom. The first-order valence-corrected chi connectivity index (χ1v) is 63.6. The predicted octanol–water partition coefficient (Wildman–Crippen LogP) is 56.1. The second-order valence-electron chi connectivity index (χ2n) is 71.1. The summed E-state index contributed by atoms with van der Waals surface area (Å²) in [4.78, 5) is 1.15. The standard InChI is InChI=1S/C9H18Br2.2C9H18BrCl.2C9H18BrF.2C9H19Br.C9H18Cl2.2C9H18ClF.2C9H19Cl.C9H18F2.C9H19F/c5*1-7(2,3)9(10,11)8(4,5)6;2*1-8(2,3)7(10)9(4,5)6;3*1-7(2,3)9(10,11)8(4,5)6;2*1-8(2,3)7(10)9(4,5)6;1-7(2,3)9(10,11)8(4,5)6;1-8(2,3)7(10)9(4,5)6/h5*1-6H3;2*7H,1-6H3;3*1-6H3;2*7H,1-6H3;1-6H3;7H,1-6H3. The molecular weight excluding hydrogens is 2570 g/mol. The number of halogens is 23. The highest BCUT2D eigenvalue weighted by atomic mass is 79.9. The highest BCUT2D eigenvalue weighted by Crippen LogP contribution is 2.61. The molecule has 0 aromatic rings. The lowest BCUT2D eigenvalue weighted by atomic mass is 9.73. The molecule has 0 aromatic heterocycles. The molecule has 23 heteroatoms. The van der Waals surface area contributed by atoms with Crippen LogP contribution in [0.5, 0.6) is 0 Å². The third kappa shape index (κ3) is 68.2. The lowest BCUT2D eigenvalue weighted by Gasteiger charge is -2.45. The van der Waals surface area contributed by atoms with Crippen LogP contribution >= 0.6 is 220 Å². The molecular formula is C126H257Br8Cl8F7. The zero-order valence-electron chi connectivity index (χ0n) is 114. The SMILES string of the molecule is CC(C)(C)C(Br)(Br)C(C)(C)C.CC(C)(C)C(Br)C(C)(C)C.CC(C)(C)C(Br)C(C)(C)C.CC(C)(C)C(Cl)(Br)C(C)(C)C.CC(C)(C)C(Cl)(Br)C(C)(C)C.CC(C)(C)C(Cl)(Cl)C(C)(C)C.CC(C)(C)C(Cl)C(C)(C)C.CC(C)(C)C(Cl)C(C)(C)C.CC(C)(C)C(F)(Br)C(C)(C)C.CC(C)(C)C(F)(Br)C(C)(C)C.CC(C)(C)C(F)(Cl)C(C)(C)C.CC(C)(C)C(F)(Cl)C(C)(C)C.CC(C)(C)C(F)(F)C(C)(C)C.CC(C)(C)C(F)C(C)(C)C.